The van der Waals surface area contributed by atoms with Gasteiger partial charge in [-0.15, -0.1) is 0 Å². The lowest BCUT2D eigenvalue weighted by atomic mass is 9.75. The Bertz CT molecular complexity index is 721. The molecule has 30 heavy (non-hydrogen) atoms. The molecular formula is C23H36N2O5. The van der Waals surface area contributed by atoms with E-state index in [4.69, 9.17) is 18.9 Å². The molecule has 2 heterocycles. The van der Waals surface area contributed by atoms with Crippen LogP contribution in [0.1, 0.15) is 52.1 Å². The summed E-state index contributed by atoms with van der Waals surface area (Å²) in [5.41, 5.74) is 0.243. The third-order valence-corrected chi connectivity index (χ3v) is 6.24. The fraction of sp³-hybridized carbons (Fsp3) is 0.739. The molecule has 0 unspecified atom stereocenters. The molecule has 0 radical (unpaired) electrons. The average Bonchev–Trinajstić information content (AvgIpc) is 3.45. The standard InChI is InChI=1S/C23H36N2O5/c1-17(2)12-20-23(30-16-28-5,21(26)25(20)15-27-4)14-18-13-19(6-10-24-18)29-11-9-22(3)7-8-22/h6,10,13,17,20H,7-9,11-12,14-16H2,1-5H3/t20-,23+/m0/s1. The van der Waals surface area contributed by atoms with Gasteiger partial charge >= 0.3 is 0 Å². The Morgan fingerprint density at radius 3 is 2.67 bits per heavy atom. The Balaban J connectivity index is 1.74. The predicted molar refractivity (Wildman–Crippen MR) is 113 cm³/mol. The summed E-state index contributed by atoms with van der Waals surface area (Å²) in [4.78, 5) is 19.4. The molecule has 0 N–H and O–H groups in total. The normalized spacial score (nSPS) is 24.8. The second-order valence-corrected chi connectivity index (χ2v) is 9.35. The minimum atomic E-state index is -0.994. The molecule has 7 nitrogen and oxygen atoms in total. The van der Waals surface area contributed by atoms with Crippen molar-refractivity contribution in [1.29, 1.82) is 0 Å². The lowest BCUT2D eigenvalue weighted by molar-refractivity contribution is -0.235. The highest BCUT2D eigenvalue weighted by Gasteiger charge is 2.62. The molecule has 168 valence electrons. The van der Waals surface area contributed by atoms with Crippen molar-refractivity contribution in [3.63, 3.8) is 0 Å². The van der Waals surface area contributed by atoms with Crippen LogP contribution in [0.25, 0.3) is 0 Å². The Morgan fingerprint density at radius 2 is 2.03 bits per heavy atom. The van der Waals surface area contributed by atoms with E-state index in [1.54, 1.807) is 25.3 Å². The maximum atomic E-state index is 13.2. The molecule has 1 saturated carbocycles. The third-order valence-electron chi connectivity index (χ3n) is 6.24. The molecule has 0 aromatic carbocycles. The van der Waals surface area contributed by atoms with Gasteiger partial charge in [0.15, 0.2) is 5.60 Å². The van der Waals surface area contributed by atoms with E-state index in [0.717, 1.165) is 24.3 Å². The number of methoxy groups -OCH3 is 2. The van der Waals surface area contributed by atoms with E-state index in [1.807, 2.05) is 12.1 Å². The summed E-state index contributed by atoms with van der Waals surface area (Å²) in [6.45, 7) is 7.58. The number of rotatable bonds is 13. The zero-order chi connectivity index (χ0) is 21.8. The van der Waals surface area contributed by atoms with Crippen LogP contribution in [0, 0.1) is 11.3 Å². The van der Waals surface area contributed by atoms with Crippen LogP contribution in [0.2, 0.25) is 0 Å². The maximum absolute atomic E-state index is 13.2. The number of hydrogen-bond donors (Lipinski definition) is 0. The van der Waals surface area contributed by atoms with Crippen LogP contribution in [-0.4, -0.2) is 61.8 Å². The van der Waals surface area contributed by atoms with E-state index in [0.29, 0.717) is 24.4 Å². The van der Waals surface area contributed by atoms with E-state index < -0.39 is 5.60 Å². The third kappa shape index (κ3) is 5.13. The maximum Gasteiger partial charge on any atom is 0.259 e. The van der Waals surface area contributed by atoms with Crippen molar-refractivity contribution in [3.8, 4) is 5.75 Å². The summed E-state index contributed by atoms with van der Waals surface area (Å²) in [5.74, 6) is 1.10. The van der Waals surface area contributed by atoms with Gasteiger partial charge < -0.3 is 23.8 Å². The second-order valence-electron chi connectivity index (χ2n) is 9.35. The molecule has 0 bridgehead atoms. The van der Waals surface area contributed by atoms with Crippen LogP contribution in [0.15, 0.2) is 18.3 Å². The summed E-state index contributed by atoms with van der Waals surface area (Å²) in [6, 6.07) is 3.69. The minimum absolute atomic E-state index is 0.0515. The number of likely N-dealkylation sites (tertiary alicyclic amines) is 1. The quantitative estimate of drug-likeness (QED) is 0.360. The topological polar surface area (TPSA) is 70.1 Å². The Hall–Kier alpha value is -1.70. The number of amides is 1. The number of carbonyl (C=O) groups is 1. The first-order valence-corrected chi connectivity index (χ1v) is 10.8. The van der Waals surface area contributed by atoms with Gasteiger partial charge in [0.2, 0.25) is 0 Å². The zero-order valence-electron chi connectivity index (χ0n) is 19.0. The van der Waals surface area contributed by atoms with Gasteiger partial charge in [0.25, 0.3) is 5.91 Å². The first-order valence-electron chi connectivity index (χ1n) is 10.8. The summed E-state index contributed by atoms with van der Waals surface area (Å²) in [7, 11) is 3.16. The van der Waals surface area contributed by atoms with Crippen molar-refractivity contribution in [2.75, 3.05) is 34.4 Å². The largest absolute Gasteiger partial charge is 0.493 e. The van der Waals surface area contributed by atoms with Crippen LogP contribution in [0.3, 0.4) is 0 Å². The fourth-order valence-electron chi connectivity index (χ4n) is 4.12. The number of hydrogen-bond acceptors (Lipinski definition) is 6. The van der Waals surface area contributed by atoms with Crippen LogP contribution >= 0.6 is 0 Å². The van der Waals surface area contributed by atoms with Crippen LogP contribution in [0.5, 0.6) is 5.75 Å². The molecular weight excluding hydrogens is 384 g/mol. The van der Waals surface area contributed by atoms with Crippen LogP contribution in [-0.2, 0) is 25.4 Å². The number of β-lactam (4-membered cyclic amide) rings is 1. The molecule has 2 fully saturated rings. The molecule has 2 aliphatic rings. The smallest absolute Gasteiger partial charge is 0.259 e. The van der Waals surface area contributed by atoms with Gasteiger partial charge in [0.1, 0.15) is 19.3 Å². The molecule has 1 amide bonds. The van der Waals surface area contributed by atoms with Gasteiger partial charge in [-0.3, -0.25) is 9.78 Å². The molecule has 1 saturated heterocycles. The Labute approximate surface area is 180 Å². The van der Waals surface area contributed by atoms with Gasteiger partial charge in [-0.05, 0) is 43.1 Å². The molecule has 1 aliphatic carbocycles. The summed E-state index contributed by atoms with van der Waals surface area (Å²) in [6.07, 6.45) is 6.56. The van der Waals surface area contributed by atoms with Gasteiger partial charge in [0.05, 0.1) is 12.6 Å². The second kappa shape index (κ2) is 9.62. The number of aromatic nitrogens is 1. The van der Waals surface area contributed by atoms with E-state index in [-0.39, 0.29) is 25.5 Å². The molecule has 0 spiro atoms. The van der Waals surface area contributed by atoms with E-state index in [2.05, 4.69) is 25.8 Å². The lowest BCUT2D eigenvalue weighted by Gasteiger charge is -2.55. The highest BCUT2D eigenvalue weighted by molar-refractivity contribution is 5.93. The minimum Gasteiger partial charge on any atom is -0.493 e. The molecule has 3 rings (SSSR count). The Kier molecular flexibility index (Phi) is 7.37. The van der Waals surface area contributed by atoms with Gasteiger partial charge in [0, 0.05) is 38.6 Å². The van der Waals surface area contributed by atoms with Gasteiger partial charge in [-0.25, -0.2) is 0 Å². The van der Waals surface area contributed by atoms with E-state index in [9.17, 15) is 4.79 Å². The van der Waals surface area contributed by atoms with Crippen molar-refractivity contribution < 1.29 is 23.7 Å². The molecule has 7 heteroatoms. The lowest BCUT2D eigenvalue weighted by Crippen LogP contribution is -2.76. The number of carbonyl (C=O) groups excluding carboxylic acids is 1. The van der Waals surface area contributed by atoms with Crippen LogP contribution in [0.4, 0.5) is 0 Å². The monoisotopic (exact) mass is 420 g/mol. The van der Waals surface area contributed by atoms with Crippen molar-refractivity contribution in [2.24, 2.45) is 11.3 Å². The SMILES string of the molecule is COCO[C@@]1(Cc2cc(OCCC3(C)CC3)ccn2)C(=O)N(COC)[C@H]1CC(C)C. The van der Waals surface area contributed by atoms with E-state index >= 15 is 0 Å². The summed E-state index contributed by atoms with van der Waals surface area (Å²) >= 11 is 0. The predicted octanol–water partition coefficient (Wildman–Crippen LogP) is 3.41. The molecule has 1 aromatic rings. The molecule has 2 atom stereocenters. The van der Waals surface area contributed by atoms with E-state index in [1.165, 1.54) is 12.8 Å². The van der Waals surface area contributed by atoms with Crippen LogP contribution < -0.4 is 4.74 Å². The van der Waals surface area contributed by atoms with Crippen molar-refractivity contribution >= 4 is 5.91 Å². The molecule has 1 aliphatic heterocycles. The van der Waals surface area contributed by atoms with Crippen molar-refractivity contribution in [2.45, 2.75) is 64.5 Å². The first-order chi connectivity index (χ1) is 14.3. The highest BCUT2D eigenvalue weighted by atomic mass is 16.7. The van der Waals surface area contributed by atoms with Crippen molar-refractivity contribution in [1.82, 2.24) is 9.88 Å². The number of pyridine rings is 1. The van der Waals surface area contributed by atoms with Gasteiger partial charge in [-0.2, -0.15) is 0 Å². The zero-order valence-corrected chi connectivity index (χ0v) is 19.0. The average molecular weight is 421 g/mol. The number of ether oxygens (including phenoxy) is 4. The fourth-order valence-corrected chi connectivity index (χ4v) is 4.12. The first kappa shape index (κ1) is 23.0. The summed E-state index contributed by atoms with van der Waals surface area (Å²) in [5, 5.41) is 0. The molecule has 1 aromatic heterocycles. The Morgan fingerprint density at radius 1 is 1.27 bits per heavy atom. The highest BCUT2D eigenvalue weighted by Crippen LogP contribution is 2.48. The number of nitrogens with zero attached hydrogens (tertiary/aromatic N) is 2. The summed E-state index contributed by atoms with van der Waals surface area (Å²) < 4.78 is 22.4. The van der Waals surface area contributed by atoms with Gasteiger partial charge in [-0.1, -0.05) is 20.8 Å². The van der Waals surface area contributed by atoms with Crippen molar-refractivity contribution in [3.05, 3.63) is 24.0 Å².